The highest BCUT2D eigenvalue weighted by atomic mass is 32.2. The number of ketones is 1. The number of nitrogens with two attached hydrogens (primary N) is 1. The second-order valence-electron chi connectivity index (χ2n) is 8.86. The number of rotatable bonds is 6. The number of sulfonamides is 1. The largest absolute Gasteiger partial charge is 0.322 e. The zero-order valence-electron chi connectivity index (χ0n) is 16.8. The molecule has 2 bridgehead atoms. The lowest BCUT2D eigenvalue weighted by atomic mass is 9.81. The van der Waals surface area contributed by atoms with Gasteiger partial charge in [-0.1, -0.05) is 74.5 Å². The second kappa shape index (κ2) is 7.04. The average molecular weight is 413 g/mol. The summed E-state index contributed by atoms with van der Waals surface area (Å²) in [6, 6.07) is 17.5. The van der Waals surface area contributed by atoms with Gasteiger partial charge >= 0.3 is 0 Å². The number of hydrogen-bond acceptors (Lipinski definition) is 4. The van der Waals surface area contributed by atoms with Gasteiger partial charge in [-0.25, -0.2) is 13.1 Å². The molecule has 0 aliphatic heterocycles. The summed E-state index contributed by atoms with van der Waals surface area (Å²) < 4.78 is 29.0. The van der Waals surface area contributed by atoms with E-state index < -0.39 is 32.3 Å². The summed E-state index contributed by atoms with van der Waals surface area (Å²) in [7, 11) is -3.97. The Morgan fingerprint density at radius 2 is 1.55 bits per heavy atom. The van der Waals surface area contributed by atoms with Crippen molar-refractivity contribution in [1.29, 1.82) is 0 Å². The number of nitrogens with one attached hydrogen (secondary N) is 1. The summed E-state index contributed by atoms with van der Waals surface area (Å²) >= 11 is 0. The third kappa shape index (κ3) is 2.97. The lowest BCUT2D eigenvalue weighted by Gasteiger charge is -2.38. The third-order valence-electron chi connectivity index (χ3n) is 7.23. The van der Waals surface area contributed by atoms with Gasteiger partial charge in [0.1, 0.15) is 4.75 Å². The molecule has 6 heteroatoms. The van der Waals surface area contributed by atoms with E-state index in [4.69, 9.17) is 5.73 Å². The second-order valence-corrected chi connectivity index (χ2v) is 10.8. The molecule has 0 heterocycles. The molecule has 4 rings (SSSR count). The molecule has 154 valence electrons. The van der Waals surface area contributed by atoms with Gasteiger partial charge in [-0.15, -0.1) is 0 Å². The Balaban J connectivity index is 1.76. The lowest BCUT2D eigenvalue weighted by molar-refractivity contribution is -0.121. The molecule has 2 aliphatic carbocycles. The highest BCUT2D eigenvalue weighted by Crippen LogP contribution is 2.62. The number of benzene rings is 2. The number of carbonyl (C=O) groups is 1. The molecule has 5 nitrogen and oxygen atoms in total. The summed E-state index contributed by atoms with van der Waals surface area (Å²) in [6.45, 7) is 3.84. The van der Waals surface area contributed by atoms with E-state index in [1.165, 1.54) is 0 Å². The van der Waals surface area contributed by atoms with Crippen molar-refractivity contribution in [2.45, 2.75) is 49.9 Å². The molecule has 29 heavy (non-hydrogen) atoms. The van der Waals surface area contributed by atoms with E-state index in [0.717, 1.165) is 17.5 Å². The first-order valence-corrected chi connectivity index (χ1v) is 11.6. The zero-order valence-corrected chi connectivity index (χ0v) is 17.7. The molecule has 2 unspecified atom stereocenters. The van der Waals surface area contributed by atoms with Gasteiger partial charge in [0.15, 0.2) is 5.78 Å². The Bertz CT molecular complexity index is 1000. The molecule has 2 fully saturated rings. The molecule has 2 saturated carbocycles. The van der Waals surface area contributed by atoms with Crippen LogP contribution in [0, 0.1) is 11.3 Å². The van der Waals surface area contributed by atoms with Crippen molar-refractivity contribution < 1.29 is 13.2 Å². The van der Waals surface area contributed by atoms with E-state index in [9.17, 15) is 13.2 Å². The first-order chi connectivity index (χ1) is 13.7. The molecule has 0 saturated heterocycles. The average Bonchev–Trinajstić information content (AvgIpc) is 3.09. The number of hydrogen-bond donors (Lipinski definition) is 2. The van der Waals surface area contributed by atoms with Gasteiger partial charge in [-0.2, -0.15) is 0 Å². The Morgan fingerprint density at radius 1 is 1.00 bits per heavy atom. The molecule has 4 atom stereocenters. The normalized spacial score (nSPS) is 27.7. The monoisotopic (exact) mass is 412 g/mol. The molecule has 2 aromatic carbocycles. The minimum atomic E-state index is -3.97. The van der Waals surface area contributed by atoms with Crippen molar-refractivity contribution in [2.75, 3.05) is 0 Å². The fourth-order valence-corrected chi connectivity index (χ4v) is 7.86. The summed E-state index contributed by atoms with van der Waals surface area (Å²) in [4.78, 5) is 12.9. The van der Waals surface area contributed by atoms with Crippen molar-refractivity contribution in [1.82, 2.24) is 4.72 Å². The quantitative estimate of drug-likeness (QED) is 0.760. The maximum Gasteiger partial charge on any atom is 0.225 e. The van der Waals surface area contributed by atoms with Gasteiger partial charge in [0, 0.05) is 6.42 Å². The Hall–Kier alpha value is -2.02. The molecule has 0 radical (unpaired) electrons. The molecule has 3 N–H and O–H groups in total. The Kier molecular flexibility index (Phi) is 4.92. The van der Waals surface area contributed by atoms with Crippen molar-refractivity contribution in [3.8, 4) is 0 Å². The smallest absolute Gasteiger partial charge is 0.225 e. The van der Waals surface area contributed by atoms with Crippen LogP contribution in [0.2, 0.25) is 0 Å². The highest BCUT2D eigenvalue weighted by Gasteiger charge is 2.71. The summed E-state index contributed by atoms with van der Waals surface area (Å²) in [5, 5.41) is 0. The first kappa shape index (κ1) is 20.3. The number of Topliss-reactive ketones (excluding diaryl/α,β-unsaturated/α-hetero) is 1. The van der Waals surface area contributed by atoms with E-state index in [2.05, 4.69) is 4.72 Å². The van der Waals surface area contributed by atoms with Crippen LogP contribution in [0.4, 0.5) is 0 Å². The van der Waals surface area contributed by atoms with E-state index in [0.29, 0.717) is 12.8 Å². The van der Waals surface area contributed by atoms with Crippen LogP contribution in [0.15, 0.2) is 60.7 Å². The molecule has 0 amide bonds. The van der Waals surface area contributed by atoms with Crippen molar-refractivity contribution >= 4 is 15.8 Å². The molecule has 2 aromatic rings. The zero-order chi connectivity index (χ0) is 20.9. The maximum absolute atomic E-state index is 13.8. The predicted octanol–water partition coefficient (Wildman–Crippen LogP) is 3.49. The van der Waals surface area contributed by atoms with Crippen LogP contribution < -0.4 is 10.5 Å². The van der Waals surface area contributed by atoms with Crippen LogP contribution >= 0.6 is 0 Å². The van der Waals surface area contributed by atoms with Gasteiger partial charge in [-0.3, -0.25) is 4.79 Å². The van der Waals surface area contributed by atoms with Crippen LogP contribution in [0.25, 0.3) is 0 Å². The van der Waals surface area contributed by atoms with E-state index >= 15 is 0 Å². The topological polar surface area (TPSA) is 89.3 Å². The molecule has 0 spiro atoms. The third-order valence-corrected chi connectivity index (χ3v) is 9.67. The SMILES string of the molecule is CC1(C)C2CCC1(S(=O)(=O)N[C@@H](c1ccccc1)[C@@H](N)c1ccccc1)C(=O)C2. The van der Waals surface area contributed by atoms with E-state index in [-0.39, 0.29) is 11.7 Å². The van der Waals surface area contributed by atoms with Gasteiger partial charge in [0.25, 0.3) is 0 Å². The Labute approximate surface area is 172 Å². The fourth-order valence-electron chi connectivity index (χ4n) is 5.41. The van der Waals surface area contributed by atoms with Gasteiger partial charge in [-0.05, 0) is 35.3 Å². The molecule has 2 aliphatic rings. The van der Waals surface area contributed by atoms with Crippen LogP contribution in [0.3, 0.4) is 0 Å². The minimum absolute atomic E-state index is 0.115. The maximum atomic E-state index is 13.8. The number of carbonyl (C=O) groups excluding carboxylic acids is 1. The first-order valence-electron chi connectivity index (χ1n) is 10.1. The molecule has 0 aromatic heterocycles. The predicted molar refractivity (Wildman–Crippen MR) is 113 cm³/mol. The van der Waals surface area contributed by atoms with Gasteiger partial charge in [0.2, 0.25) is 10.0 Å². The van der Waals surface area contributed by atoms with Crippen molar-refractivity contribution in [2.24, 2.45) is 17.1 Å². The highest BCUT2D eigenvalue weighted by molar-refractivity contribution is 7.91. The van der Waals surface area contributed by atoms with Gasteiger partial charge < -0.3 is 5.73 Å². The summed E-state index contributed by atoms with van der Waals surface area (Å²) in [5.74, 6) is -0.0455. The Morgan fingerprint density at radius 3 is 2.03 bits per heavy atom. The van der Waals surface area contributed by atoms with Gasteiger partial charge in [0.05, 0.1) is 12.1 Å². The van der Waals surface area contributed by atoms with Crippen LogP contribution in [-0.4, -0.2) is 18.9 Å². The minimum Gasteiger partial charge on any atom is -0.322 e. The van der Waals surface area contributed by atoms with Crippen LogP contribution in [-0.2, 0) is 14.8 Å². The lowest BCUT2D eigenvalue weighted by Crippen LogP contribution is -2.56. The van der Waals surface area contributed by atoms with Crippen molar-refractivity contribution in [3.63, 3.8) is 0 Å². The van der Waals surface area contributed by atoms with Crippen molar-refractivity contribution in [3.05, 3.63) is 71.8 Å². The standard InChI is InChI=1S/C23H28N2O3S/c1-22(2)18-13-14-23(22,19(26)15-18)29(27,28)25-21(17-11-7-4-8-12-17)20(24)16-9-5-3-6-10-16/h3-12,18,20-21,25H,13-15,24H2,1-2H3/t18?,20-,21-,23?/m0/s1. The summed E-state index contributed by atoms with van der Waals surface area (Å²) in [6.07, 6.45) is 1.48. The van der Waals surface area contributed by atoms with Crippen LogP contribution in [0.1, 0.15) is 56.3 Å². The van der Waals surface area contributed by atoms with Crippen LogP contribution in [0.5, 0.6) is 0 Å². The number of fused-ring (bicyclic) bond motifs is 2. The molecular weight excluding hydrogens is 384 g/mol. The van der Waals surface area contributed by atoms with E-state index in [1.807, 2.05) is 74.5 Å². The molecular formula is C23H28N2O3S. The fraction of sp³-hybridized carbons (Fsp3) is 0.435. The summed E-state index contributed by atoms with van der Waals surface area (Å²) in [5.41, 5.74) is 7.59. The van der Waals surface area contributed by atoms with E-state index in [1.54, 1.807) is 0 Å².